The van der Waals surface area contributed by atoms with E-state index < -0.39 is 17.8 Å². The number of alkyl halides is 3. The van der Waals surface area contributed by atoms with E-state index in [1.165, 1.54) is 12.1 Å². The fraction of sp³-hybridized carbons (Fsp3) is 0.409. The minimum Gasteiger partial charge on any atom is -0.496 e. The first-order chi connectivity index (χ1) is 14.9. The highest BCUT2D eigenvalue weighted by Gasteiger charge is 2.30. The van der Waals surface area contributed by atoms with Crippen molar-refractivity contribution < 1.29 is 27.4 Å². The zero-order valence-corrected chi connectivity index (χ0v) is 17.3. The number of nitrogens with zero attached hydrogens (tertiary/aromatic N) is 2. The molecule has 0 radical (unpaired) electrons. The minimum absolute atomic E-state index is 0.0937. The third-order valence-electron chi connectivity index (χ3n) is 5.07. The lowest BCUT2D eigenvalue weighted by Gasteiger charge is -2.30. The second-order valence-electron chi connectivity index (χ2n) is 7.20. The fourth-order valence-electron chi connectivity index (χ4n) is 3.35. The van der Waals surface area contributed by atoms with Gasteiger partial charge in [0.25, 0.3) is 0 Å². The van der Waals surface area contributed by atoms with Crippen LogP contribution in [0.25, 0.3) is 0 Å². The van der Waals surface area contributed by atoms with Crippen LogP contribution in [0.5, 0.6) is 5.75 Å². The fourth-order valence-corrected chi connectivity index (χ4v) is 3.35. The SMILES string of the molecule is COc1ccccc1CN(CCN1CCOCC1)C(=O)Nc1cccc(C(F)(F)F)c1. The van der Waals surface area contributed by atoms with E-state index in [0.29, 0.717) is 32.1 Å². The van der Waals surface area contributed by atoms with Crippen LogP contribution in [0.2, 0.25) is 0 Å². The summed E-state index contributed by atoms with van der Waals surface area (Å²) >= 11 is 0. The van der Waals surface area contributed by atoms with Gasteiger partial charge >= 0.3 is 12.2 Å². The monoisotopic (exact) mass is 437 g/mol. The molecule has 6 nitrogen and oxygen atoms in total. The predicted octanol–water partition coefficient (Wildman–Crippen LogP) is 4.08. The average Bonchev–Trinajstić information content (AvgIpc) is 2.77. The molecule has 0 bridgehead atoms. The maximum absolute atomic E-state index is 13.0. The van der Waals surface area contributed by atoms with Gasteiger partial charge in [0.15, 0.2) is 0 Å². The molecule has 1 heterocycles. The summed E-state index contributed by atoms with van der Waals surface area (Å²) in [6.45, 7) is 4.14. The maximum Gasteiger partial charge on any atom is 0.416 e. The van der Waals surface area contributed by atoms with Crippen LogP contribution in [0.1, 0.15) is 11.1 Å². The molecule has 0 aromatic heterocycles. The number of carbonyl (C=O) groups excluding carboxylic acids is 1. The summed E-state index contributed by atoms with van der Waals surface area (Å²) in [7, 11) is 1.56. The topological polar surface area (TPSA) is 54.0 Å². The van der Waals surface area contributed by atoms with Crippen molar-refractivity contribution in [2.24, 2.45) is 0 Å². The Bertz CT molecular complexity index is 870. The van der Waals surface area contributed by atoms with Crippen LogP contribution in [-0.2, 0) is 17.5 Å². The normalized spacial score (nSPS) is 14.8. The van der Waals surface area contributed by atoms with E-state index in [2.05, 4.69) is 10.2 Å². The van der Waals surface area contributed by atoms with E-state index in [1.807, 2.05) is 18.2 Å². The van der Waals surface area contributed by atoms with Gasteiger partial charge in [0, 0.05) is 37.4 Å². The van der Waals surface area contributed by atoms with Crippen LogP contribution < -0.4 is 10.1 Å². The maximum atomic E-state index is 13.0. The van der Waals surface area contributed by atoms with E-state index in [0.717, 1.165) is 30.8 Å². The number of ether oxygens (including phenoxy) is 2. The van der Waals surface area contributed by atoms with Crippen molar-refractivity contribution in [1.29, 1.82) is 0 Å². The quantitative estimate of drug-likeness (QED) is 0.709. The standard InChI is InChI=1S/C22H26F3N3O3/c1-30-20-8-3-2-5-17(20)16-28(10-9-27-11-13-31-14-12-27)21(29)26-19-7-4-6-18(15-19)22(23,24)25/h2-8,15H,9-14,16H2,1H3,(H,26,29). The third-order valence-corrected chi connectivity index (χ3v) is 5.07. The Morgan fingerprint density at radius 2 is 1.90 bits per heavy atom. The number of amides is 2. The Morgan fingerprint density at radius 1 is 1.16 bits per heavy atom. The van der Waals surface area contributed by atoms with Crippen LogP contribution in [0.4, 0.5) is 23.7 Å². The van der Waals surface area contributed by atoms with Crippen molar-refractivity contribution in [3.8, 4) is 5.75 Å². The number of anilines is 1. The number of hydrogen-bond acceptors (Lipinski definition) is 4. The van der Waals surface area contributed by atoms with Crippen molar-refractivity contribution in [2.45, 2.75) is 12.7 Å². The highest BCUT2D eigenvalue weighted by atomic mass is 19.4. The summed E-state index contributed by atoms with van der Waals surface area (Å²) in [6, 6.07) is 11.5. The molecule has 0 spiro atoms. The van der Waals surface area contributed by atoms with Gasteiger partial charge in [-0.15, -0.1) is 0 Å². The number of benzene rings is 2. The number of para-hydroxylation sites is 1. The molecule has 9 heteroatoms. The Labute approximate surface area is 179 Å². The van der Waals surface area contributed by atoms with Crippen LogP contribution in [0.15, 0.2) is 48.5 Å². The molecule has 1 fully saturated rings. The molecule has 31 heavy (non-hydrogen) atoms. The van der Waals surface area contributed by atoms with Crippen LogP contribution in [0.3, 0.4) is 0 Å². The molecular weight excluding hydrogens is 411 g/mol. The molecule has 1 aliphatic rings. The van der Waals surface area contributed by atoms with Gasteiger partial charge in [-0.1, -0.05) is 24.3 Å². The molecule has 168 valence electrons. The van der Waals surface area contributed by atoms with Gasteiger partial charge in [-0.3, -0.25) is 4.90 Å². The van der Waals surface area contributed by atoms with Crippen LogP contribution in [-0.4, -0.2) is 62.3 Å². The zero-order valence-electron chi connectivity index (χ0n) is 17.3. The van der Waals surface area contributed by atoms with Crippen molar-refractivity contribution >= 4 is 11.7 Å². The molecule has 0 unspecified atom stereocenters. The number of morpholine rings is 1. The van der Waals surface area contributed by atoms with Gasteiger partial charge in [-0.25, -0.2) is 4.79 Å². The molecule has 2 aromatic rings. The molecule has 0 atom stereocenters. The summed E-state index contributed by atoms with van der Waals surface area (Å²) in [6.07, 6.45) is -4.48. The van der Waals surface area contributed by atoms with Crippen molar-refractivity contribution in [3.05, 3.63) is 59.7 Å². The number of carbonyl (C=O) groups is 1. The first-order valence-corrected chi connectivity index (χ1v) is 10.0. The second-order valence-corrected chi connectivity index (χ2v) is 7.20. The van der Waals surface area contributed by atoms with E-state index in [1.54, 1.807) is 18.1 Å². The Kier molecular flexibility index (Phi) is 7.75. The summed E-state index contributed by atoms with van der Waals surface area (Å²) in [5.41, 5.74) is 0.0947. The van der Waals surface area contributed by atoms with Crippen LogP contribution >= 0.6 is 0 Å². The Hall–Kier alpha value is -2.78. The average molecular weight is 437 g/mol. The lowest BCUT2D eigenvalue weighted by Crippen LogP contribution is -2.44. The molecule has 1 aliphatic heterocycles. The number of hydrogen-bond donors (Lipinski definition) is 1. The summed E-state index contributed by atoms with van der Waals surface area (Å²) in [4.78, 5) is 16.8. The first kappa shape index (κ1) is 22.9. The van der Waals surface area contributed by atoms with E-state index in [9.17, 15) is 18.0 Å². The number of nitrogens with one attached hydrogen (secondary N) is 1. The summed E-state index contributed by atoms with van der Waals surface area (Å²) in [5, 5.41) is 2.60. The number of urea groups is 1. The Morgan fingerprint density at radius 3 is 2.61 bits per heavy atom. The second kappa shape index (κ2) is 10.5. The summed E-state index contributed by atoms with van der Waals surface area (Å²) < 4.78 is 49.8. The molecule has 0 aliphatic carbocycles. The highest BCUT2D eigenvalue weighted by Crippen LogP contribution is 2.30. The lowest BCUT2D eigenvalue weighted by atomic mass is 10.2. The molecule has 3 rings (SSSR count). The number of methoxy groups -OCH3 is 1. The smallest absolute Gasteiger partial charge is 0.416 e. The minimum atomic E-state index is -4.48. The van der Waals surface area contributed by atoms with Gasteiger partial charge in [-0.05, 0) is 24.3 Å². The lowest BCUT2D eigenvalue weighted by molar-refractivity contribution is -0.137. The van der Waals surface area contributed by atoms with Crippen molar-refractivity contribution in [2.75, 3.05) is 51.8 Å². The van der Waals surface area contributed by atoms with Crippen molar-refractivity contribution in [3.63, 3.8) is 0 Å². The molecule has 1 N–H and O–H groups in total. The van der Waals surface area contributed by atoms with Crippen molar-refractivity contribution in [1.82, 2.24) is 9.80 Å². The third kappa shape index (κ3) is 6.60. The van der Waals surface area contributed by atoms with Gasteiger partial charge in [0.2, 0.25) is 0 Å². The van der Waals surface area contributed by atoms with Gasteiger partial charge in [0.05, 0.1) is 32.4 Å². The zero-order chi connectivity index (χ0) is 22.3. The number of rotatable bonds is 7. The molecular formula is C22H26F3N3O3. The molecule has 0 saturated carbocycles. The molecule has 1 saturated heterocycles. The van der Waals surface area contributed by atoms with E-state index in [-0.39, 0.29) is 12.2 Å². The van der Waals surface area contributed by atoms with Crippen LogP contribution in [0, 0.1) is 0 Å². The van der Waals surface area contributed by atoms with Gasteiger partial charge < -0.3 is 19.7 Å². The van der Waals surface area contributed by atoms with Gasteiger partial charge in [0.1, 0.15) is 5.75 Å². The van der Waals surface area contributed by atoms with E-state index >= 15 is 0 Å². The number of halogens is 3. The van der Waals surface area contributed by atoms with E-state index in [4.69, 9.17) is 9.47 Å². The first-order valence-electron chi connectivity index (χ1n) is 10.0. The summed E-state index contributed by atoms with van der Waals surface area (Å²) in [5.74, 6) is 0.644. The predicted molar refractivity (Wildman–Crippen MR) is 111 cm³/mol. The highest BCUT2D eigenvalue weighted by molar-refractivity contribution is 5.89. The molecule has 2 amide bonds. The largest absolute Gasteiger partial charge is 0.496 e. The van der Waals surface area contributed by atoms with Gasteiger partial charge in [-0.2, -0.15) is 13.2 Å². The Balaban J connectivity index is 1.74. The molecule has 2 aromatic carbocycles.